The molecule has 1 aliphatic rings. The van der Waals surface area contributed by atoms with Crippen molar-refractivity contribution >= 4 is 17.4 Å². The Hall–Kier alpha value is -4.91. The van der Waals surface area contributed by atoms with Crippen LogP contribution in [0.5, 0.6) is 11.5 Å². The normalized spacial score (nSPS) is 16.0. The van der Waals surface area contributed by atoms with Crippen LogP contribution in [0.25, 0.3) is 5.76 Å². The third-order valence-corrected chi connectivity index (χ3v) is 7.47. The molecule has 1 aromatic heterocycles. The summed E-state index contributed by atoms with van der Waals surface area (Å²) >= 11 is 0. The lowest BCUT2D eigenvalue weighted by molar-refractivity contribution is -0.140. The zero-order valence-electron chi connectivity index (χ0n) is 24.5. The molecule has 0 saturated carbocycles. The lowest BCUT2D eigenvalue weighted by atomic mass is 9.95. The fraction of sp³-hybridized carbons (Fsp3) is 0.250. The molecule has 1 saturated heterocycles. The summed E-state index contributed by atoms with van der Waals surface area (Å²) in [6.07, 6.45) is 6.48. The molecule has 0 aliphatic carbocycles. The highest BCUT2D eigenvalue weighted by atomic mass is 16.5. The molecular weight excluding hydrogens is 540 g/mol. The Morgan fingerprint density at radius 3 is 2.26 bits per heavy atom. The van der Waals surface area contributed by atoms with Gasteiger partial charge in [-0.2, -0.15) is 0 Å². The molecule has 1 N–H and O–H groups in total. The number of carbonyl (C=O) groups is 2. The van der Waals surface area contributed by atoms with Crippen LogP contribution in [0.2, 0.25) is 0 Å². The number of aliphatic hydroxyl groups is 1. The van der Waals surface area contributed by atoms with Crippen molar-refractivity contribution in [3.05, 3.63) is 131 Å². The average Bonchev–Trinajstić information content (AvgIpc) is 3.28. The first kappa shape index (κ1) is 29.6. The van der Waals surface area contributed by atoms with E-state index in [9.17, 15) is 14.7 Å². The SMILES string of the molecule is CCCCCOc1ccc(C2C(=C(O)c3ccc(OCc4cccc(C)c4)cc3)C(=O)C(=O)N2Cc2ccncc2)cc1. The number of nitrogens with zero attached hydrogens (tertiary/aromatic N) is 2. The van der Waals surface area contributed by atoms with Crippen molar-refractivity contribution in [2.24, 2.45) is 0 Å². The molecule has 7 heteroatoms. The topological polar surface area (TPSA) is 89.0 Å². The molecule has 43 heavy (non-hydrogen) atoms. The van der Waals surface area contributed by atoms with Crippen LogP contribution >= 0.6 is 0 Å². The molecule has 1 unspecified atom stereocenters. The van der Waals surface area contributed by atoms with Crippen molar-refractivity contribution in [3.8, 4) is 11.5 Å². The second-order valence-corrected chi connectivity index (χ2v) is 10.7. The number of hydrogen-bond acceptors (Lipinski definition) is 6. The molecule has 5 rings (SSSR count). The number of ether oxygens (including phenoxy) is 2. The first-order valence-electron chi connectivity index (χ1n) is 14.6. The summed E-state index contributed by atoms with van der Waals surface area (Å²) < 4.78 is 11.8. The van der Waals surface area contributed by atoms with Gasteiger partial charge in [0.1, 0.15) is 23.9 Å². The van der Waals surface area contributed by atoms with Crippen LogP contribution in [-0.2, 0) is 22.7 Å². The number of Topliss-reactive ketones (excluding diaryl/α,β-unsaturated/α-hetero) is 1. The molecule has 0 bridgehead atoms. The van der Waals surface area contributed by atoms with Crippen LogP contribution in [0.4, 0.5) is 0 Å². The Kier molecular flexibility index (Phi) is 9.52. The van der Waals surface area contributed by atoms with Crippen molar-refractivity contribution in [1.82, 2.24) is 9.88 Å². The van der Waals surface area contributed by atoms with E-state index in [0.29, 0.717) is 35.8 Å². The minimum absolute atomic E-state index is 0.0455. The highest BCUT2D eigenvalue weighted by Gasteiger charge is 2.46. The number of amides is 1. The van der Waals surface area contributed by atoms with Crippen LogP contribution < -0.4 is 9.47 Å². The van der Waals surface area contributed by atoms with Gasteiger partial charge in [-0.1, -0.05) is 61.7 Å². The molecule has 2 heterocycles. The van der Waals surface area contributed by atoms with E-state index in [4.69, 9.17) is 9.47 Å². The van der Waals surface area contributed by atoms with E-state index in [1.54, 1.807) is 48.8 Å². The van der Waals surface area contributed by atoms with Gasteiger partial charge in [0, 0.05) is 24.5 Å². The van der Waals surface area contributed by atoms with Gasteiger partial charge in [0.15, 0.2) is 0 Å². The summed E-state index contributed by atoms with van der Waals surface area (Å²) in [7, 11) is 0. The molecule has 1 fully saturated rings. The molecule has 7 nitrogen and oxygen atoms in total. The van der Waals surface area contributed by atoms with Crippen LogP contribution in [0.1, 0.15) is 60.0 Å². The van der Waals surface area contributed by atoms with E-state index in [1.165, 1.54) is 4.90 Å². The molecule has 0 radical (unpaired) electrons. The standard InChI is InChI=1S/C36H36N2O5/c1-3-4-5-21-42-30-13-9-28(10-14-30)33-32(35(40)36(41)38(33)23-26-17-19-37-20-18-26)34(39)29-11-15-31(16-12-29)43-24-27-8-6-7-25(2)22-27/h6-20,22,33,39H,3-5,21,23-24H2,1-2H3. The molecule has 3 aromatic carbocycles. The van der Waals surface area contributed by atoms with Gasteiger partial charge >= 0.3 is 0 Å². The quantitative estimate of drug-likeness (QED) is 0.0833. The molecular formula is C36H36N2O5. The summed E-state index contributed by atoms with van der Waals surface area (Å²) in [6, 6.07) is 25.2. The van der Waals surface area contributed by atoms with Gasteiger partial charge in [-0.15, -0.1) is 0 Å². The zero-order chi connectivity index (χ0) is 30.2. The van der Waals surface area contributed by atoms with E-state index >= 15 is 0 Å². The summed E-state index contributed by atoms with van der Waals surface area (Å²) in [5.74, 6) is -0.280. The number of benzene rings is 3. The second kappa shape index (κ2) is 13.8. The third-order valence-electron chi connectivity index (χ3n) is 7.47. The van der Waals surface area contributed by atoms with E-state index in [0.717, 1.165) is 36.0 Å². The van der Waals surface area contributed by atoms with Crippen LogP contribution in [0.15, 0.2) is 103 Å². The Morgan fingerprint density at radius 2 is 1.56 bits per heavy atom. The molecule has 1 atom stereocenters. The highest BCUT2D eigenvalue weighted by Crippen LogP contribution is 2.41. The van der Waals surface area contributed by atoms with Gasteiger partial charge in [0.2, 0.25) is 0 Å². The fourth-order valence-corrected chi connectivity index (χ4v) is 5.20. The summed E-state index contributed by atoms with van der Waals surface area (Å²) in [5.41, 5.74) is 4.21. The first-order chi connectivity index (χ1) is 20.9. The number of hydrogen-bond donors (Lipinski definition) is 1. The second-order valence-electron chi connectivity index (χ2n) is 10.7. The summed E-state index contributed by atoms with van der Waals surface area (Å²) in [4.78, 5) is 32.4. The maximum atomic E-state index is 13.5. The molecule has 4 aromatic rings. The van der Waals surface area contributed by atoms with Crippen LogP contribution in [0.3, 0.4) is 0 Å². The number of aliphatic hydroxyl groups excluding tert-OH is 1. The number of carbonyl (C=O) groups excluding carboxylic acids is 2. The van der Waals surface area contributed by atoms with Gasteiger partial charge in [0.25, 0.3) is 11.7 Å². The first-order valence-corrected chi connectivity index (χ1v) is 14.6. The Labute approximate surface area is 252 Å². The number of pyridine rings is 1. The maximum Gasteiger partial charge on any atom is 0.295 e. The van der Waals surface area contributed by atoms with Crippen molar-refractivity contribution in [3.63, 3.8) is 0 Å². The number of likely N-dealkylation sites (tertiary alicyclic amines) is 1. The Balaban J connectivity index is 1.43. The average molecular weight is 577 g/mol. The van der Waals surface area contributed by atoms with E-state index in [2.05, 4.69) is 18.0 Å². The van der Waals surface area contributed by atoms with Gasteiger partial charge < -0.3 is 19.5 Å². The molecule has 220 valence electrons. The van der Waals surface area contributed by atoms with Gasteiger partial charge in [-0.05, 0) is 78.6 Å². The summed E-state index contributed by atoms with van der Waals surface area (Å²) in [6.45, 7) is 5.40. The van der Waals surface area contributed by atoms with Crippen molar-refractivity contribution in [1.29, 1.82) is 0 Å². The maximum absolute atomic E-state index is 13.5. The highest BCUT2D eigenvalue weighted by molar-refractivity contribution is 6.46. The molecule has 0 spiro atoms. The Morgan fingerprint density at radius 1 is 0.860 bits per heavy atom. The van der Waals surface area contributed by atoms with E-state index in [1.807, 2.05) is 49.4 Å². The minimum atomic E-state index is -0.778. The monoisotopic (exact) mass is 576 g/mol. The van der Waals surface area contributed by atoms with Crippen molar-refractivity contribution in [2.45, 2.75) is 52.3 Å². The van der Waals surface area contributed by atoms with Crippen molar-refractivity contribution in [2.75, 3.05) is 6.61 Å². The minimum Gasteiger partial charge on any atom is -0.507 e. The van der Waals surface area contributed by atoms with Crippen molar-refractivity contribution < 1.29 is 24.2 Å². The Bertz CT molecular complexity index is 1580. The van der Waals surface area contributed by atoms with Gasteiger partial charge in [0.05, 0.1) is 18.2 Å². The lowest BCUT2D eigenvalue weighted by Gasteiger charge is -2.25. The number of unbranched alkanes of at least 4 members (excludes halogenated alkanes) is 2. The molecule has 1 amide bonds. The van der Waals surface area contributed by atoms with E-state index < -0.39 is 17.7 Å². The smallest absolute Gasteiger partial charge is 0.295 e. The summed E-state index contributed by atoms with van der Waals surface area (Å²) in [5, 5.41) is 11.5. The van der Waals surface area contributed by atoms with Gasteiger partial charge in [-0.3, -0.25) is 14.6 Å². The number of rotatable bonds is 12. The van der Waals surface area contributed by atoms with Gasteiger partial charge in [-0.25, -0.2) is 0 Å². The lowest BCUT2D eigenvalue weighted by Crippen LogP contribution is -2.29. The van der Waals surface area contributed by atoms with E-state index in [-0.39, 0.29) is 17.9 Å². The zero-order valence-corrected chi connectivity index (χ0v) is 24.5. The largest absolute Gasteiger partial charge is 0.507 e. The number of aryl methyl sites for hydroxylation is 1. The van der Waals surface area contributed by atoms with Crippen LogP contribution in [-0.4, -0.2) is 33.3 Å². The predicted molar refractivity (Wildman–Crippen MR) is 165 cm³/mol. The predicted octanol–water partition coefficient (Wildman–Crippen LogP) is 7.16. The van der Waals surface area contributed by atoms with Crippen LogP contribution in [0, 0.1) is 6.92 Å². The molecule has 1 aliphatic heterocycles. The third kappa shape index (κ3) is 7.12. The number of aromatic nitrogens is 1. The number of ketones is 1. The fourth-order valence-electron chi connectivity index (χ4n) is 5.20.